The maximum Gasteiger partial charge on any atom is 0.135 e. The van der Waals surface area contributed by atoms with Crippen LogP contribution in [0.1, 0.15) is 63.8 Å². The van der Waals surface area contributed by atoms with Crippen molar-refractivity contribution < 1.29 is 25.8 Å². The summed E-state index contributed by atoms with van der Waals surface area (Å²) in [6.07, 6.45) is 3.89. The number of hydrogen-bond donors (Lipinski definition) is 0. The molecule has 3 aromatic heterocycles. The Bertz CT molecular complexity index is 2790. The summed E-state index contributed by atoms with van der Waals surface area (Å²) >= 11 is 0. The second-order valence-corrected chi connectivity index (χ2v) is 17.1. The van der Waals surface area contributed by atoms with Crippen LogP contribution in [0, 0.1) is 32.6 Å². The molecule has 1 aliphatic heterocycles. The Morgan fingerprint density at radius 1 is 0.603 bits per heavy atom. The van der Waals surface area contributed by atoms with Crippen molar-refractivity contribution in [1.82, 2.24) is 14.5 Å². The van der Waals surface area contributed by atoms with Crippen LogP contribution in [0.15, 0.2) is 128 Å². The van der Waals surface area contributed by atoms with Gasteiger partial charge in [0.2, 0.25) is 0 Å². The van der Waals surface area contributed by atoms with Crippen LogP contribution >= 0.6 is 0 Å². The van der Waals surface area contributed by atoms with E-state index in [-0.39, 0.29) is 31.9 Å². The van der Waals surface area contributed by atoms with Gasteiger partial charge in [-0.2, -0.15) is 12.1 Å². The van der Waals surface area contributed by atoms with E-state index in [1.54, 1.807) is 0 Å². The minimum absolute atomic E-state index is 0. The Kier molecular flexibility index (Phi) is 10.1. The number of para-hydroxylation sites is 3. The predicted molar refractivity (Wildman–Crippen MR) is 234 cm³/mol. The van der Waals surface area contributed by atoms with Gasteiger partial charge in [-0.15, -0.1) is 48.1 Å². The maximum absolute atomic E-state index is 6.54. The molecule has 8 aromatic rings. The Labute approximate surface area is 356 Å². The summed E-state index contributed by atoms with van der Waals surface area (Å²) in [7, 11) is 0. The first-order valence-electron chi connectivity index (χ1n) is 19.6. The molecule has 4 heterocycles. The third-order valence-electron chi connectivity index (χ3n) is 10.9. The summed E-state index contributed by atoms with van der Waals surface area (Å²) in [4.78, 5) is 14.1. The van der Waals surface area contributed by atoms with Gasteiger partial charge in [-0.25, -0.2) is 9.97 Å². The molecule has 294 valence electrons. The van der Waals surface area contributed by atoms with E-state index < -0.39 is 0 Å². The van der Waals surface area contributed by atoms with Crippen LogP contribution in [0.5, 0.6) is 11.5 Å². The van der Waals surface area contributed by atoms with Crippen molar-refractivity contribution in [3.63, 3.8) is 0 Å². The zero-order valence-electron chi connectivity index (χ0n) is 34.2. The molecule has 0 bridgehead atoms. The molecular formula is C51H46N5OPt-3. The molecule has 0 aliphatic carbocycles. The van der Waals surface area contributed by atoms with E-state index >= 15 is 0 Å². The second kappa shape index (κ2) is 14.9. The van der Waals surface area contributed by atoms with Gasteiger partial charge < -0.3 is 19.1 Å². The number of aryl methyl sites for hydroxylation is 2. The quantitative estimate of drug-likeness (QED) is 0.155. The summed E-state index contributed by atoms with van der Waals surface area (Å²) in [5.74, 6) is 2.88. The molecule has 0 amide bonds. The summed E-state index contributed by atoms with van der Waals surface area (Å²) in [5, 5.41) is 2.23. The molecule has 5 aromatic carbocycles. The Balaban J connectivity index is 0.00000469. The number of ether oxygens (including phenoxy) is 1. The van der Waals surface area contributed by atoms with E-state index in [0.717, 1.165) is 56.1 Å². The molecule has 9 rings (SSSR count). The van der Waals surface area contributed by atoms with Crippen LogP contribution in [0.25, 0.3) is 38.8 Å². The van der Waals surface area contributed by atoms with Crippen molar-refractivity contribution in [2.24, 2.45) is 0 Å². The average Bonchev–Trinajstić information content (AvgIpc) is 3.74. The van der Waals surface area contributed by atoms with Crippen LogP contribution in [0.2, 0.25) is 0 Å². The van der Waals surface area contributed by atoms with Gasteiger partial charge in [0, 0.05) is 67.4 Å². The topological polar surface area (TPSA) is 46.4 Å². The average molecular weight is 940 g/mol. The summed E-state index contributed by atoms with van der Waals surface area (Å²) in [6, 6.07) is 47.2. The Morgan fingerprint density at radius 3 is 2.00 bits per heavy atom. The Hall–Kier alpha value is -5.71. The first-order chi connectivity index (χ1) is 27.3. The zero-order chi connectivity index (χ0) is 39.6. The standard InChI is InChI=1S/C51H46N5O.Pt/c1-33-26-37(51(6,7)8)27-34(2)49(33)35-20-23-47(53-31-35)55-32-54(44-18-11-12-19-45(44)55)38-14-13-15-39(29-38)57-40-21-22-42-41-16-9-10-17-43(41)56(46(42)30-40)48-28-36(24-25-52-48)50(3,4)5;/h9-28,31-32H,1-8H3;/q-3;. The molecule has 0 spiro atoms. The van der Waals surface area contributed by atoms with Gasteiger partial charge in [-0.05, 0) is 100 Å². The first-order valence-corrected chi connectivity index (χ1v) is 19.6. The molecule has 58 heavy (non-hydrogen) atoms. The van der Waals surface area contributed by atoms with E-state index in [0.29, 0.717) is 11.5 Å². The summed E-state index contributed by atoms with van der Waals surface area (Å²) < 4.78 is 8.72. The van der Waals surface area contributed by atoms with Crippen LogP contribution in [-0.2, 0) is 31.9 Å². The molecule has 1 aliphatic rings. The van der Waals surface area contributed by atoms with Gasteiger partial charge in [0.15, 0.2) is 0 Å². The SMILES string of the molecule is Cc1cc(C(C)(C)C)cc(C)c1-c1ccc(N2[CH-]N(c3[c-]c(Oc4[c-]c5c(cc4)c4ccccc4n5-c4cc(C(C)(C)C)ccn4)ccc3)c3ccccc32)nc1.[Pt]. The van der Waals surface area contributed by atoms with Crippen molar-refractivity contribution in [2.45, 2.75) is 66.2 Å². The van der Waals surface area contributed by atoms with Gasteiger partial charge in [0.1, 0.15) is 11.6 Å². The van der Waals surface area contributed by atoms with Crippen LogP contribution in [-0.4, -0.2) is 14.5 Å². The Morgan fingerprint density at radius 2 is 1.29 bits per heavy atom. The van der Waals surface area contributed by atoms with Crippen molar-refractivity contribution in [2.75, 3.05) is 9.80 Å². The summed E-state index contributed by atoms with van der Waals surface area (Å²) in [6.45, 7) is 19.9. The van der Waals surface area contributed by atoms with E-state index in [1.807, 2.05) is 36.7 Å². The third-order valence-corrected chi connectivity index (χ3v) is 10.9. The van der Waals surface area contributed by atoms with Gasteiger partial charge in [0.05, 0.1) is 0 Å². The van der Waals surface area contributed by atoms with Crippen LogP contribution in [0.3, 0.4) is 0 Å². The van der Waals surface area contributed by atoms with Crippen molar-refractivity contribution in [3.05, 3.63) is 169 Å². The van der Waals surface area contributed by atoms with E-state index in [4.69, 9.17) is 14.7 Å². The van der Waals surface area contributed by atoms with Gasteiger partial charge >= 0.3 is 0 Å². The number of aromatic nitrogens is 3. The maximum atomic E-state index is 6.54. The number of nitrogens with zero attached hydrogens (tertiary/aromatic N) is 5. The number of anilines is 4. The molecule has 0 radical (unpaired) electrons. The molecule has 7 heteroatoms. The molecule has 0 fully saturated rings. The molecular weight excluding hydrogens is 894 g/mol. The minimum atomic E-state index is -0.0154. The zero-order valence-corrected chi connectivity index (χ0v) is 36.4. The van der Waals surface area contributed by atoms with E-state index in [9.17, 15) is 0 Å². The normalized spacial score (nSPS) is 12.9. The monoisotopic (exact) mass is 939 g/mol. The first kappa shape index (κ1) is 39.1. The van der Waals surface area contributed by atoms with Gasteiger partial charge in [0.25, 0.3) is 0 Å². The van der Waals surface area contributed by atoms with Crippen molar-refractivity contribution >= 4 is 44.7 Å². The predicted octanol–water partition coefficient (Wildman–Crippen LogP) is 13.3. The van der Waals surface area contributed by atoms with Crippen LogP contribution in [0.4, 0.5) is 22.9 Å². The fourth-order valence-corrected chi connectivity index (χ4v) is 7.95. The number of rotatable bonds is 6. The minimum Gasteiger partial charge on any atom is -0.509 e. The molecule has 0 unspecified atom stereocenters. The van der Waals surface area contributed by atoms with Gasteiger partial charge in [-0.3, -0.25) is 0 Å². The van der Waals surface area contributed by atoms with E-state index in [1.165, 1.54) is 27.8 Å². The third kappa shape index (κ3) is 7.09. The molecule has 6 nitrogen and oxygen atoms in total. The largest absolute Gasteiger partial charge is 0.509 e. The fourth-order valence-electron chi connectivity index (χ4n) is 7.95. The number of fused-ring (bicyclic) bond motifs is 4. The van der Waals surface area contributed by atoms with Crippen LogP contribution < -0.4 is 14.5 Å². The van der Waals surface area contributed by atoms with Crippen molar-refractivity contribution in [3.8, 4) is 28.4 Å². The number of hydrogen-bond acceptors (Lipinski definition) is 5. The molecule has 0 atom stereocenters. The molecule has 0 N–H and O–H groups in total. The number of pyridine rings is 2. The second-order valence-electron chi connectivity index (χ2n) is 17.1. The fraction of sp³-hybridized carbons (Fsp3) is 0.196. The molecule has 0 saturated heterocycles. The summed E-state index contributed by atoms with van der Waals surface area (Å²) in [5.41, 5.74) is 12.4. The van der Waals surface area contributed by atoms with Gasteiger partial charge in [-0.1, -0.05) is 89.5 Å². The number of benzene rings is 5. The molecule has 0 saturated carbocycles. The smallest absolute Gasteiger partial charge is 0.135 e. The van der Waals surface area contributed by atoms with E-state index in [2.05, 4.69) is 180 Å². The van der Waals surface area contributed by atoms with Crippen molar-refractivity contribution in [1.29, 1.82) is 0 Å².